The normalized spacial score (nSPS) is 14.6. The summed E-state index contributed by atoms with van der Waals surface area (Å²) in [5.41, 5.74) is 18.5. The largest absolute Gasteiger partial charge is 0.391 e. The van der Waals surface area contributed by atoms with E-state index < -0.39 is 148 Å². The first-order chi connectivity index (χ1) is 40.0. The maximum Gasteiger partial charge on any atom is 0.246 e. The van der Waals surface area contributed by atoms with Gasteiger partial charge >= 0.3 is 0 Å². The van der Waals surface area contributed by atoms with E-state index in [4.69, 9.17) is 22.9 Å². The first-order valence-electron chi connectivity index (χ1n) is 28.4. The van der Waals surface area contributed by atoms with E-state index in [0.717, 1.165) is 13.3 Å². The fourth-order valence-corrected chi connectivity index (χ4v) is 8.60. The van der Waals surface area contributed by atoms with Crippen molar-refractivity contribution in [3.8, 4) is 0 Å². The molecule has 9 atom stereocenters. The van der Waals surface area contributed by atoms with Gasteiger partial charge in [0.15, 0.2) is 5.96 Å². The van der Waals surface area contributed by atoms with E-state index in [2.05, 4.69) is 88.7 Å². The van der Waals surface area contributed by atoms with Gasteiger partial charge in [-0.1, -0.05) is 64.4 Å². The van der Waals surface area contributed by atoms with Gasteiger partial charge in [0, 0.05) is 37.9 Å². The molecule has 31 heteroatoms. The highest BCUT2D eigenvalue weighted by atomic mass is 32.1. The number of nitrogens with one attached hydrogen (secondary N) is 11. The Kier molecular flexibility index (Phi) is 33.3. The standard InChI is InChI=1S/C55H94N16O13S2/c1-11-12-24-60-49(82)41(53(4,5)6)69-46(79)38(29-86)66-44(77)36(27-39(57)74)68-50(83)54(7,8)70-47(80)34(22-18-25-61-52(58)59)64-42(75)33(21-16-17-23-56)63-45(78)37(28-85)65-43(76)35(26-32-19-14-13-15-20-32)67-51(84)55(9,10)71-48(81)40(30(2)72)62-31(3)73/h13-15,19-20,30,33-38,40-41,72,85-86H,11-12,16-18,21-29,56H2,1-10H3,(H2,57,74)(H,60,82)(H,62,73)(H,63,78)(H,64,75)(H,65,76)(H,66,77)(H,67,84)(H,68,83)(H,69,79)(H,70,80)(H,71,81)(H4,58,59,61)/t30-,33+,34+,35+,36+,37+,38+,40+,41-/m1/s1. The summed E-state index contributed by atoms with van der Waals surface area (Å²) < 4.78 is 0. The minimum Gasteiger partial charge on any atom is -0.391 e. The molecular formula is C55H94N16O13S2. The molecule has 484 valence electrons. The van der Waals surface area contributed by atoms with Crippen LogP contribution < -0.4 is 81.4 Å². The third-order valence-corrected chi connectivity index (χ3v) is 13.8. The number of unbranched alkanes of at least 4 members (excludes halogenated alkanes) is 2. The Morgan fingerprint density at radius 3 is 1.51 bits per heavy atom. The first kappa shape index (κ1) is 76.8. The second-order valence-electron chi connectivity index (χ2n) is 22.9. The fraction of sp³-hybridized carbons (Fsp3) is 0.655. The Balaban J connectivity index is 3.51. The molecule has 1 rings (SSSR count). The van der Waals surface area contributed by atoms with Crippen molar-refractivity contribution in [2.45, 2.75) is 193 Å². The number of primary amides is 1. The molecule has 1 aromatic rings. The number of hydrogen-bond acceptors (Lipinski definition) is 17. The molecule has 0 aromatic heterocycles. The predicted octanol–water partition coefficient (Wildman–Crippen LogP) is -3.82. The van der Waals surface area contributed by atoms with Crippen LogP contribution in [0, 0.1) is 5.41 Å². The van der Waals surface area contributed by atoms with Gasteiger partial charge < -0.3 is 86.5 Å². The minimum atomic E-state index is -1.91. The van der Waals surface area contributed by atoms with Gasteiger partial charge in [0.2, 0.25) is 70.9 Å². The van der Waals surface area contributed by atoms with Crippen molar-refractivity contribution < 1.29 is 62.6 Å². The average Bonchev–Trinajstić information content (AvgIpc) is 2.20. The van der Waals surface area contributed by atoms with E-state index in [0.29, 0.717) is 24.9 Å². The molecule has 0 heterocycles. The fourth-order valence-electron chi connectivity index (χ4n) is 8.09. The van der Waals surface area contributed by atoms with Gasteiger partial charge in [-0.15, -0.1) is 0 Å². The highest BCUT2D eigenvalue weighted by molar-refractivity contribution is 7.80. The van der Waals surface area contributed by atoms with E-state index in [1.54, 1.807) is 51.1 Å². The number of carbonyl (C=O) groups is 12. The van der Waals surface area contributed by atoms with Crippen LogP contribution in [0.15, 0.2) is 35.3 Å². The number of rotatable bonds is 38. The molecule has 0 saturated heterocycles. The molecule has 0 aliphatic rings. The summed E-state index contributed by atoms with van der Waals surface area (Å²) in [4.78, 5) is 166. The lowest BCUT2D eigenvalue weighted by molar-refractivity contribution is -0.138. The molecule has 12 amide bonds. The molecule has 0 unspecified atom stereocenters. The predicted molar refractivity (Wildman–Crippen MR) is 329 cm³/mol. The van der Waals surface area contributed by atoms with Crippen molar-refractivity contribution in [1.29, 1.82) is 0 Å². The molecule has 0 aliphatic heterocycles. The molecule has 0 spiro atoms. The maximum atomic E-state index is 14.3. The molecule has 0 aliphatic carbocycles. The van der Waals surface area contributed by atoms with Crippen LogP contribution >= 0.6 is 25.3 Å². The van der Waals surface area contributed by atoms with Crippen molar-refractivity contribution >= 4 is 102 Å². The molecular weight excluding hydrogens is 1160 g/mol. The van der Waals surface area contributed by atoms with Gasteiger partial charge in [-0.05, 0) is 90.7 Å². The lowest BCUT2D eigenvalue weighted by Gasteiger charge is -2.32. The van der Waals surface area contributed by atoms with Crippen molar-refractivity contribution in [3.63, 3.8) is 0 Å². The number of aliphatic imine (C=N–C) groups is 1. The molecule has 0 radical (unpaired) electrons. The maximum absolute atomic E-state index is 14.3. The zero-order valence-electron chi connectivity index (χ0n) is 51.0. The Morgan fingerprint density at radius 1 is 0.570 bits per heavy atom. The lowest BCUT2D eigenvalue weighted by atomic mass is 9.86. The minimum absolute atomic E-state index is 0.00993. The quantitative estimate of drug-likeness (QED) is 0.0131. The number of guanidine groups is 1. The smallest absolute Gasteiger partial charge is 0.246 e. The molecule has 0 bridgehead atoms. The summed E-state index contributed by atoms with van der Waals surface area (Å²) in [6.45, 7) is 15.4. The average molecular weight is 1250 g/mol. The van der Waals surface area contributed by atoms with Crippen molar-refractivity contribution in [2.24, 2.45) is 33.3 Å². The number of nitrogens with zero attached hydrogens (tertiary/aromatic N) is 1. The summed E-state index contributed by atoms with van der Waals surface area (Å²) in [6.07, 6.45) is -0.102. The van der Waals surface area contributed by atoms with E-state index >= 15 is 0 Å². The van der Waals surface area contributed by atoms with E-state index in [-0.39, 0.29) is 62.7 Å². The van der Waals surface area contributed by atoms with Crippen LogP contribution in [0.5, 0.6) is 0 Å². The Morgan fingerprint density at radius 2 is 1.03 bits per heavy atom. The van der Waals surface area contributed by atoms with E-state index in [9.17, 15) is 62.6 Å². The number of nitrogens with two attached hydrogens (primary N) is 4. The molecule has 29 nitrogen and oxygen atoms in total. The Bertz CT molecular complexity index is 2510. The summed E-state index contributed by atoms with van der Waals surface area (Å²) in [5, 5.41) is 38.3. The second kappa shape index (κ2) is 37.3. The highest BCUT2D eigenvalue weighted by Gasteiger charge is 2.40. The Labute approximate surface area is 514 Å². The van der Waals surface area contributed by atoms with Gasteiger partial charge in [-0.2, -0.15) is 25.3 Å². The first-order valence-corrected chi connectivity index (χ1v) is 29.6. The molecule has 1 aromatic carbocycles. The van der Waals surface area contributed by atoms with Gasteiger partial charge in [0.1, 0.15) is 59.4 Å². The number of hydrogen-bond donors (Lipinski definition) is 18. The number of aliphatic hydroxyl groups excluding tert-OH is 1. The van der Waals surface area contributed by atoms with Crippen LogP contribution in [0.4, 0.5) is 0 Å². The summed E-state index contributed by atoms with van der Waals surface area (Å²) in [5.74, 6) is -11.1. The summed E-state index contributed by atoms with van der Waals surface area (Å²) >= 11 is 8.54. The van der Waals surface area contributed by atoms with Crippen LogP contribution in [0.1, 0.15) is 126 Å². The topological polar surface area (TPSA) is 474 Å². The molecule has 86 heavy (non-hydrogen) atoms. The third-order valence-electron chi connectivity index (χ3n) is 13.1. The van der Waals surface area contributed by atoms with Gasteiger partial charge in [-0.3, -0.25) is 62.5 Å². The van der Waals surface area contributed by atoms with Crippen molar-refractivity contribution in [2.75, 3.05) is 31.1 Å². The lowest BCUT2D eigenvalue weighted by Crippen LogP contribution is -2.64. The van der Waals surface area contributed by atoms with Gasteiger partial charge in [0.25, 0.3) is 0 Å². The molecule has 0 saturated carbocycles. The van der Waals surface area contributed by atoms with Crippen LogP contribution in [-0.2, 0) is 64.0 Å². The summed E-state index contributed by atoms with van der Waals surface area (Å²) in [7, 11) is 0. The zero-order valence-corrected chi connectivity index (χ0v) is 52.8. The monoisotopic (exact) mass is 1250 g/mol. The van der Waals surface area contributed by atoms with Crippen molar-refractivity contribution in [3.05, 3.63) is 35.9 Å². The van der Waals surface area contributed by atoms with E-state index in [1.165, 1.54) is 34.6 Å². The van der Waals surface area contributed by atoms with E-state index in [1.807, 2.05) is 6.92 Å². The zero-order chi connectivity index (χ0) is 65.7. The number of aliphatic hydroxyl groups is 1. The number of benzene rings is 1. The van der Waals surface area contributed by atoms with Gasteiger partial charge in [0.05, 0.1) is 12.5 Å². The van der Waals surface area contributed by atoms with Crippen molar-refractivity contribution in [1.82, 2.24) is 58.5 Å². The van der Waals surface area contributed by atoms with Crippen LogP contribution in [0.25, 0.3) is 0 Å². The number of thiol groups is 2. The summed E-state index contributed by atoms with van der Waals surface area (Å²) in [6, 6.07) is -2.68. The van der Waals surface area contributed by atoms with Crippen LogP contribution in [0.3, 0.4) is 0 Å². The molecule has 0 fully saturated rings. The van der Waals surface area contributed by atoms with Gasteiger partial charge in [-0.25, -0.2) is 0 Å². The number of amides is 12. The number of carbonyl (C=O) groups excluding carboxylic acids is 12. The van der Waals surface area contributed by atoms with Crippen LogP contribution in [0.2, 0.25) is 0 Å². The SMILES string of the molecule is CCCCNC(=O)[C@@H](NC(=O)[C@H](CS)NC(=O)[C@H](CC(N)=O)NC(=O)C(C)(C)NC(=O)[C@H](CCCN=C(N)N)NC(=O)[C@H](CCCCN)NC(=O)[C@H](CS)NC(=O)[C@H](Cc1ccccc1)NC(=O)C(C)(C)NC(=O)[C@@H](NC(C)=O)[C@@H](C)O)C(C)(C)C. The molecule has 20 N–H and O–H groups in total. The van der Waals surface area contributed by atoms with Crippen LogP contribution in [-0.4, -0.2) is 179 Å². The highest BCUT2D eigenvalue weighted by Crippen LogP contribution is 2.20. The Hall–Kier alpha value is -7.25. The third kappa shape index (κ3) is 27.9. The second-order valence-corrected chi connectivity index (χ2v) is 23.6.